The highest BCUT2D eigenvalue weighted by Crippen LogP contribution is 2.40. The number of halogens is 1. The summed E-state index contributed by atoms with van der Waals surface area (Å²) < 4.78 is 19.1. The van der Waals surface area contributed by atoms with Crippen molar-refractivity contribution in [3.63, 3.8) is 0 Å². The van der Waals surface area contributed by atoms with Gasteiger partial charge in [-0.1, -0.05) is 24.3 Å². The first-order valence-electron chi connectivity index (χ1n) is 8.92. The molecule has 2 heterocycles. The quantitative estimate of drug-likeness (QED) is 0.609. The molecule has 0 spiro atoms. The zero-order valence-electron chi connectivity index (χ0n) is 14.7. The predicted octanol–water partition coefficient (Wildman–Crippen LogP) is 3.66. The van der Waals surface area contributed by atoms with Crippen LogP contribution in [0.1, 0.15) is 42.4 Å². The maximum Gasteiger partial charge on any atom is 0.254 e. The third kappa shape index (κ3) is 2.34. The first kappa shape index (κ1) is 16.6. The molecule has 1 aliphatic carbocycles. The lowest BCUT2D eigenvalue weighted by Gasteiger charge is -2.26. The van der Waals surface area contributed by atoms with E-state index >= 15 is 0 Å². The van der Waals surface area contributed by atoms with Crippen molar-refractivity contribution in [2.24, 2.45) is 0 Å². The first-order chi connectivity index (χ1) is 13.5. The second kappa shape index (κ2) is 5.99. The number of ketones is 2. The Kier molecular flexibility index (Phi) is 3.55. The molecule has 2 aliphatic rings. The Bertz CT molecular complexity index is 1160. The first-order valence-corrected chi connectivity index (χ1v) is 8.92. The predicted molar refractivity (Wildman–Crippen MR) is 97.6 cm³/mol. The van der Waals surface area contributed by atoms with Crippen LogP contribution in [0.5, 0.6) is 0 Å². The minimum absolute atomic E-state index is 0.197. The van der Waals surface area contributed by atoms with Crippen LogP contribution in [0.3, 0.4) is 0 Å². The minimum Gasteiger partial charge on any atom is -0.458 e. The fourth-order valence-electron chi connectivity index (χ4n) is 3.90. The van der Waals surface area contributed by atoms with Gasteiger partial charge in [-0.3, -0.25) is 14.4 Å². The van der Waals surface area contributed by atoms with Gasteiger partial charge in [-0.15, -0.1) is 0 Å². The van der Waals surface area contributed by atoms with Gasteiger partial charge in [0.1, 0.15) is 17.3 Å². The molecule has 0 atom stereocenters. The summed E-state index contributed by atoms with van der Waals surface area (Å²) in [7, 11) is 0. The Morgan fingerprint density at radius 3 is 2.43 bits per heavy atom. The summed E-state index contributed by atoms with van der Waals surface area (Å²) in [6.45, 7) is 0.584. The minimum atomic E-state index is -0.558. The highest BCUT2D eigenvalue weighted by molar-refractivity contribution is 6.53. The van der Waals surface area contributed by atoms with Gasteiger partial charge < -0.3 is 9.32 Å². The van der Waals surface area contributed by atoms with Gasteiger partial charge in [0.25, 0.3) is 5.91 Å². The fraction of sp³-hybridized carbons (Fsp3) is 0.136. The molecule has 5 rings (SSSR count). The smallest absolute Gasteiger partial charge is 0.254 e. The summed E-state index contributed by atoms with van der Waals surface area (Å²) in [5, 5.41) is 0. The number of benzene rings is 2. The largest absolute Gasteiger partial charge is 0.458 e. The van der Waals surface area contributed by atoms with Crippen molar-refractivity contribution in [2.75, 3.05) is 6.54 Å². The third-order valence-corrected chi connectivity index (χ3v) is 5.28. The number of nitrogens with zero attached hydrogens (tertiary/aromatic N) is 1. The third-order valence-electron chi connectivity index (χ3n) is 5.28. The summed E-state index contributed by atoms with van der Waals surface area (Å²) in [5.74, 6) is -0.805. The van der Waals surface area contributed by atoms with Crippen molar-refractivity contribution >= 4 is 17.5 Å². The van der Waals surface area contributed by atoms with Gasteiger partial charge in [-0.25, -0.2) is 4.39 Å². The number of carbonyl (C=O) groups is 3. The Morgan fingerprint density at radius 2 is 1.68 bits per heavy atom. The lowest BCUT2D eigenvalue weighted by atomic mass is 9.85. The van der Waals surface area contributed by atoms with Crippen molar-refractivity contribution < 1.29 is 23.2 Å². The Hall–Kier alpha value is -3.54. The highest BCUT2D eigenvalue weighted by atomic mass is 19.1. The zero-order chi connectivity index (χ0) is 19.4. The van der Waals surface area contributed by atoms with Crippen LogP contribution < -0.4 is 0 Å². The van der Waals surface area contributed by atoms with Crippen molar-refractivity contribution in [3.8, 4) is 11.3 Å². The molecule has 0 radical (unpaired) electrons. The molecule has 0 bridgehead atoms. The number of fused-ring (bicyclic) bond motifs is 5. The van der Waals surface area contributed by atoms with Crippen LogP contribution in [0.2, 0.25) is 0 Å². The van der Waals surface area contributed by atoms with Gasteiger partial charge in [0.05, 0.1) is 12.1 Å². The van der Waals surface area contributed by atoms with Crippen molar-refractivity contribution in [1.82, 2.24) is 4.90 Å². The SMILES string of the molecule is O=C1C(=O)c2c(oc3c2CCN(C(=O)c2ccc(F)cc2)C3)-c2ccccc21. The van der Waals surface area contributed by atoms with Crippen molar-refractivity contribution in [2.45, 2.75) is 13.0 Å². The van der Waals surface area contributed by atoms with E-state index in [1.807, 2.05) is 0 Å². The maximum absolute atomic E-state index is 13.1. The highest BCUT2D eigenvalue weighted by Gasteiger charge is 2.39. The van der Waals surface area contributed by atoms with Gasteiger partial charge in [0, 0.05) is 28.8 Å². The molecule has 0 N–H and O–H groups in total. The molecule has 0 fully saturated rings. The van der Waals surface area contributed by atoms with Crippen LogP contribution >= 0.6 is 0 Å². The summed E-state index contributed by atoms with van der Waals surface area (Å²) in [4.78, 5) is 39.4. The van der Waals surface area contributed by atoms with E-state index in [9.17, 15) is 18.8 Å². The monoisotopic (exact) mass is 375 g/mol. The molecular weight excluding hydrogens is 361 g/mol. The fourth-order valence-corrected chi connectivity index (χ4v) is 3.90. The van der Waals surface area contributed by atoms with Gasteiger partial charge in [-0.2, -0.15) is 0 Å². The average Bonchev–Trinajstić information content (AvgIpc) is 3.11. The van der Waals surface area contributed by atoms with E-state index in [0.29, 0.717) is 52.3 Å². The molecule has 3 aromatic rings. The van der Waals surface area contributed by atoms with Crippen LogP contribution in [0.25, 0.3) is 11.3 Å². The summed E-state index contributed by atoms with van der Waals surface area (Å²) >= 11 is 0. The average molecular weight is 375 g/mol. The Labute approximate surface area is 159 Å². The number of furan rings is 1. The Morgan fingerprint density at radius 1 is 0.964 bits per heavy atom. The zero-order valence-corrected chi connectivity index (χ0v) is 14.7. The van der Waals surface area contributed by atoms with Crippen LogP contribution in [-0.2, 0) is 13.0 Å². The standard InChI is InChI=1S/C22H14FNO4/c23-13-7-5-12(6-8-13)22(27)24-10-9-16-17(11-24)28-21-15-4-2-1-3-14(15)19(25)20(26)18(16)21/h1-8H,9-11H2. The van der Waals surface area contributed by atoms with Crippen molar-refractivity contribution in [1.29, 1.82) is 0 Å². The molecule has 1 amide bonds. The lowest BCUT2D eigenvalue weighted by Crippen LogP contribution is -2.36. The molecular formula is C22H14FNO4. The Balaban J connectivity index is 1.53. The number of rotatable bonds is 1. The second-order valence-electron chi connectivity index (χ2n) is 6.90. The van der Waals surface area contributed by atoms with Gasteiger partial charge in [0.2, 0.25) is 11.6 Å². The van der Waals surface area contributed by atoms with Crippen LogP contribution in [0, 0.1) is 5.82 Å². The van der Waals surface area contributed by atoms with E-state index in [0.717, 1.165) is 0 Å². The second-order valence-corrected chi connectivity index (χ2v) is 6.90. The molecule has 6 heteroatoms. The summed E-state index contributed by atoms with van der Waals surface area (Å²) in [6.07, 6.45) is 0.419. The van der Waals surface area contributed by atoms with E-state index in [2.05, 4.69) is 0 Å². The maximum atomic E-state index is 13.1. The topological polar surface area (TPSA) is 67.6 Å². The molecule has 0 saturated heterocycles. The number of hydrogen-bond acceptors (Lipinski definition) is 4. The molecule has 1 aliphatic heterocycles. The van der Waals surface area contributed by atoms with E-state index in [4.69, 9.17) is 4.42 Å². The van der Waals surface area contributed by atoms with Gasteiger partial charge >= 0.3 is 0 Å². The van der Waals surface area contributed by atoms with E-state index in [1.54, 1.807) is 29.2 Å². The van der Waals surface area contributed by atoms with Crippen LogP contribution in [0.15, 0.2) is 52.9 Å². The van der Waals surface area contributed by atoms with Gasteiger partial charge in [0.15, 0.2) is 0 Å². The summed E-state index contributed by atoms with van der Waals surface area (Å²) in [5.41, 5.74) is 2.36. The van der Waals surface area contributed by atoms with Gasteiger partial charge in [-0.05, 0) is 30.7 Å². The molecule has 138 valence electrons. The lowest BCUT2D eigenvalue weighted by molar-refractivity contribution is 0.0720. The van der Waals surface area contributed by atoms with Crippen LogP contribution in [-0.4, -0.2) is 28.9 Å². The number of amides is 1. The van der Waals surface area contributed by atoms with E-state index in [1.165, 1.54) is 24.3 Å². The number of hydrogen-bond donors (Lipinski definition) is 0. The summed E-state index contributed by atoms with van der Waals surface area (Å²) in [6, 6.07) is 12.3. The molecule has 28 heavy (non-hydrogen) atoms. The number of Topliss-reactive ketones (excluding diaryl/α,β-unsaturated/α-hetero) is 2. The molecule has 1 aromatic heterocycles. The molecule has 0 unspecified atom stereocenters. The molecule has 0 saturated carbocycles. The molecule has 5 nitrogen and oxygen atoms in total. The normalized spacial score (nSPS) is 15.1. The molecule has 2 aromatic carbocycles. The van der Waals surface area contributed by atoms with E-state index < -0.39 is 17.4 Å². The number of carbonyl (C=O) groups excluding carboxylic acids is 3. The van der Waals surface area contributed by atoms with Crippen LogP contribution in [0.4, 0.5) is 4.39 Å². The van der Waals surface area contributed by atoms with E-state index in [-0.39, 0.29) is 12.5 Å². The van der Waals surface area contributed by atoms with Crippen molar-refractivity contribution in [3.05, 3.63) is 82.4 Å².